The largest absolute Gasteiger partial charge is 0.460 e. The molecular weight excluding hydrogens is 356 g/mol. The fraction of sp³-hybridized carbons (Fsp3) is 0.714. The third kappa shape index (κ3) is 6.17. The molecule has 2 aromatic heterocycles. The molecule has 1 N–H and O–H groups in total. The van der Waals surface area contributed by atoms with Gasteiger partial charge in [-0.1, -0.05) is 50.1 Å². The second kappa shape index (κ2) is 9.34. The van der Waals surface area contributed by atoms with Gasteiger partial charge in [-0.15, -0.1) is 0 Å². The standard InChI is InChI=1S/C21H32N4O3/c1-21(2,3)27-18(26)14-16(11-7-10-15-8-5-4-6-9-15)20-23-19(25-28-20)17-12-13-22-24-17/h12-13,15-16H,4-11,14H2,1-3H3,(H,22,24)/t16-/m1/s1. The zero-order valence-electron chi connectivity index (χ0n) is 17.2. The van der Waals surface area contributed by atoms with Gasteiger partial charge in [-0.3, -0.25) is 9.89 Å². The van der Waals surface area contributed by atoms with Crippen LogP contribution in [0.15, 0.2) is 16.8 Å². The summed E-state index contributed by atoms with van der Waals surface area (Å²) >= 11 is 0. The van der Waals surface area contributed by atoms with E-state index in [0.717, 1.165) is 18.8 Å². The second-order valence-corrected chi connectivity index (χ2v) is 8.85. The second-order valence-electron chi connectivity index (χ2n) is 8.85. The summed E-state index contributed by atoms with van der Waals surface area (Å²) in [5, 5.41) is 10.8. The number of nitrogens with one attached hydrogen (secondary N) is 1. The van der Waals surface area contributed by atoms with E-state index in [2.05, 4.69) is 20.3 Å². The lowest BCUT2D eigenvalue weighted by Crippen LogP contribution is -2.25. The Balaban J connectivity index is 1.64. The van der Waals surface area contributed by atoms with Crippen molar-refractivity contribution >= 4 is 5.97 Å². The number of aromatic amines is 1. The lowest BCUT2D eigenvalue weighted by Gasteiger charge is -2.23. The van der Waals surface area contributed by atoms with Crippen molar-refractivity contribution in [1.29, 1.82) is 0 Å². The van der Waals surface area contributed by atoms with E-state index < -0.39 is 5.60 Å². The molecule has 0 aromatic carbocycles. The van der Waals surface area contributed by atoms with Gasteiger partial charge in [-0.2, -0.15) is 10.1 Å². The van der Waals surface area contributed by atoms with E-state index in [4.69, 9.17) is 9.26 Å². The summed E-state index contributed by atoms with van der Waals surface area (Å²) in [6.07, 6.45) is 11.7. The van der Waals surface area contributed by atoms with Crippen molar-refractivity contribution in [3.05, 3.63) is 18.2 Å². The maximum atomic E-state index is 12.4. The molecule has 154 valence electrons. The van der Waals surface area contributed by atoms with Gasteiger partial charge in [-0.25, -0.2) is 0 Å². The van der Waals surface area contributed by atoms with Crippen LogP contribution in [0.25, 0.3) is 11.5 Å². The first-order valence-corrected chi connectivity index (χ1v) is 10.5. The van der Waals surface area contributed by atoms with Crippen molar-refractivity contribution in [3.63, 3.8) is 0 Å². The van der Waals surface area contributed by atoms with Crippen LogP contribution in [0.4, 0.5) is 0 Å². The molecule has 0 aliphatic heterocycles. The number of ether oxygens (including phenoxy) is 1. The first-order chi connectivity index (χ1) is 13.4. The van der Waals surface area contributed by atoms with Crippen LogP contribution in [0, 0.1) is 5.92 Å². The zero-order valence-corrected chi connectivity index (χ0v) is 17.2. The molecule has 28 heavy (non-hydrogen) atoms. The number of esters is 1. The molecule has 1 fully saturated rings. The van der Waals surface area contributed by atoms with E-state index in [9.17, 15) is 4.79 Å². The highest BCUT2D eigenvalue weighted by Gasteiger charge is 2.26. The molecule has 7 nitrogen and oxygen atoms in total. The molecule has 1 atom stereocenters. The third-order valence-corrected chi connectivity index (χ3v) is 5.26. The van der Waals surface area contributed by atoms with Crippen molar-refractivity contribution in [2.24, 2.45) is 5.92 Å². The third-order valence-electron chi connectivity index (χ3n) is 5.26. The van der Waals surface area contributed by atoms with Gasteiger partial charge >= 0.3 is 5.97 Å². The number of H-pyrrole nitrogens is 1. The van der Waals surface area contributed by atoms with E-state index in [1.54, 1.807) is 12.3 Å². The van der Waals surface area contributed by atoms with Crippen LogP contribution in [0.2, 0.25) is 0 Å². The van der Waals surface area contributed by atoms with Crippen molar-refractivity contribution in [1.82, 2.24) is 20.3 Å². The Kier molecular flexibility index (Phi) is 6.86. The molecule has 1 aliphatic rings. The first-order valence-electron chi connectivity index (χ1n) is 10.5. The molecule has 0 radical (unpaired) electrons. The van der Waals surface area contributed by atoms with E-state index in [1.807, 2.05) is 20.8 Å². The Labute approximate surface area is 166 Å². The highest BCUT2D eigenvalue weighted by Crippen LogP contribution is 2.32. The summed E-state index contributed by atoms with van der Waals surface area (Å²) in [6, 6.07) is 1.79. The minimum atomic E-state index is -0.500. The van der Waals surface area contributed by atoms with Crippen LogP contribution in [-0.4, -0.2) is 31.9 Å². The van der Waals surface area contributed by atoms with Gasteiger partial charge in [0.15, 0.2) is 0 Å². The van der Waals surface area contributed by atoms with E-state index in [1.165, 1.54) is 38.5 Å². The number of hydrogen-bond acceptors (Lipinski definition) is 6. The molecule has 0 unspecified atom stereocenters. The normalized spacial score (nSPS) is 16.8. The van der Waals surface area contributed by atoms with Crippen LogP contribution in [0.3, 0.4) is 0 Å². The summed E-state index contributed by atoms with van der Waals surface area (Å²) in [7, 11) is 0. The van der Waals surface area contributed by atoms with Crippen molar-refractivity contribution < 1.29 is 14.1 Å². The van der Waals surface area contributed by atoms with Crippen LogP contribution >= 0.6 is 0 Å². The number of rotatable bonds is 8. The quantitative estimate of drug-likeness (QED) is 0.638. The molecule has 1 aliphatic carbocycles. The Morgan fingerprint density at radius 2 is 2.11 bits per heavy atom. The highest BCUT2D eigenvalue weighted by atomic mass is 16.6. The molecule has 0 bridgehead atoms. The SMILES string of the molecule is CC(C)(C)OC(=O)C[C@@H](CCCC1CCCCC1)c1nc(-c2ccn[nH]2)no1. The molecule has 0 saturated heterocycles. The summed E-state index contributed by atoms with van der Waals surface area (Å²) in [5.41, 5.74) is 0.202. The average Bonchev–Trinajstić information content (AvgIpc) is 3.32. The summed E-state index contributed by atoms with van der Waals surface area (Å²) < 4.78 is 11.0. The number of aromatic nitrogens is 4. The molecule has 0 spiro atoms. The maximum Gasteiger partial charge on any atom is 0.307 e. The van der Waals surface area contributed by atoms with Crippen molar-refractivity contribution in [2.45, 2.75) is 90.1 Å². The average molecular weight is 389 g/mol. The van der Waals surface area contributed by atoms with Gasteiger partial charge in [0.05, 0.1) is 6.42 Å². The van der Waals surface area contributed by atoms with Crippen LogP contribution in [-0.2, 0) is 9.53 Å². The Bertz CT molecular complexity index is 727. The van der Waals surface area contributed by atoms with Crippen LogP contribution in [0.5, 0.6) is 0 Å². The first kappa shape index (κ1) is 20.6. The van der Waals surface area contributed by atoms with Gasteiger partial charge < -0.3 is 9.26 Å². The van der Waals surface area contributed by atoms with Crippen LogP contribution < -0.4 is 0 Å². The fourth-order valence-corrected chi connectivity index (χ4v) is 3.92. The Morgan fingerprint density at radius 1 is 1.32 bits per heavy atom. The summed E-state index contributed by atoms with van der Waals surface area (Å²) in [5.74, 6) is 1.44. The van der Waals surface area contributed by atoms with Gasteiger partial charge in [0, 0.05) is 12.1 Å². The smallest absolute Gasteiger partial charge is 0.307 e. The highest BCUT2D eigenvalue weighted by molar-refractivity contribution is 5.70. The fourth-order valence-electron chi connectivity index (χ4n) is 3.92. The molecule has 2 heterocycles. The molecular formula is C21H32N4O3. The molecule has 0 amide bonds. The topological polar surface area (TPSA) is 93.9 Å². The van der Waals surface area contributed by atoms with Crippen molar-refractivity contribution in [2.75, 3.05) is 0 Å². The van der Waals surface area contributed by atoms with Gasteiger partial charge in [0.2, 0.25) is 11.7 Å². The number of carbonyl (C=O) groups excluding carboxylic acids is 1. The lowest BCUT2D eigenvalue weighted by atomic mass is 9.84. The van der Waals surface area contributed by atoms with Crippen LogP contribution in [0.1, 0.15) is 90.4 Å². The predicted molar refractivity (Wildman–Crippen MR) is 106 cm³/mol. The minimum Gasteiger partial charge on any atom is -0.460 e. The number of hydrogen-bond donors (Lipinski definition) is 1. The van der Waals surface area contributed by atoms with Gasteiger partial charge in [-0.05, 0) is 39.2 Å². The van der Waals surface area contributed by atoms with E-state index in [0.29, 0.717) is 17.4 Å². The molecule has 7 heteroatoms. The summed E-state index contributed by atoms with van der Waals surface area (Å²) in [6.45, 7) is 5.64. The van der Waals surface area contributed by atoms with Gasteiger partial charge in [0.25, 0.3) is 0 Å². The predicted octanol–water partition coefficient (Wildman–Crippen LogP) is 5.03. The Morgan fingerprint density at radius 3 is 2.79 bits per heavy atom. The number of carbonyl (C=O) groups is 1. The number of nitrogens with zero attached hydrogens (tertiary/aromatic N) is 3. The summed E-state index contributed by atoms with van der Waals surface area (Å²) in [4.78, 5) is 16.9. The monoisotopic (exact) mass is 388 g/mol. The molecule has 2 aromatic rings. The van der Waals surface area contributed by atoms with Gasteiger partial charge in [0.1, 0.15) is 11.3 Å². The van der Waals surface area contributed by atoms with Crippen molar-refractivity contribution in [3.8, 4) is 11.5 Å². The Hall–Kier alpha value is -2.18. The minimum absolute atomic E-state index is 0.123. The lowest BCUT2D eigenvalue weighted by molar-refractivity contribution is -0.155. The maximum absolute atomic E-state index is 12.4. The van der Waals surface area contributed by atoms with E-state index >= 15 is 0 Å². The molecule has 1 saturated carbocycles. The zero-order chi connectivity index (χ0) is 20.0. The molecule has 3 rings (SSSR count). The van der Waals surface area contributed by atoms with E-state index in [-0.39, 0.29) is 18.3 Å².